The number of likely N-dealkylation sites (N-methyl/N-ethyl adjacent to an activating group) is 1. The van der Waals surface area contributed by atoms with Crippen molar-refractivity contribution in [3.05, 3.63) is 35.4 Å². The molecule has 0 amide bonds. The lowest BCUT2D eigenvalue weighted by atomic mass is 10.0. The van der Waals surface area contributed by atoms with Gasteiger partial charge in [-0.1, -0.05) is 26.0 Å². The first-order valence-electron chi connectivity index (χ1n) is 7.42. The molecule has 0 heterocycles. The van der Waals surface area contributed by atoms with Crippen molar-refractivity contribution in [3.63, 3.8) is 0 Å². The molecule has 1 atom stereocenters. The summed E-state index contributed by atoms with van der Waals surface area (Å²) in [6, 6.07) is 4.59. The van der Waals surface area contributed by atoms with E-state index in [1.165, 1.54) is 0 Å². The highest BCUT2D eigenvalue weighted by atomic mass is 19.2. The molecule has 114 valence electrons. The molecule has 4 heteroatoms. The first-order valence-corrected chi connectivity index (χ1v) is 7.42. The van der Waals surface area contributed by atoms with E-state index in [1.807, 2.05) is 0 Å². The van der Waals surface area contributed by atoms with Gasteiger partial charge in [-0.25, -0.2) is 8.78 Å². The molecule has 0 aliphatic rings. The van der Waals surface area contributed by atoms with Crippen molar-refractivity contribution in [3.8, 4) is 0 Å². The molecule has 20 heavy (non-hydrogen) atoms. The summed E-state index contributed by atoms with van der Waals surface area (Å²) in [5.74, 6) is -1.51. The van der Waals surface area contributed by atoms with Gasteiger partial charge in [0.25, 0.3) is 0 Å². The lowest BCUT2D eigenvalue weighted by molar-refractivity contribution is 0.205. The molecule has 1 aromatic rings. The van der Waals surface area contributed by atoms with Crippen molar-refractivity contribution < 1.29 is 8.78 Å². The average Bonchev–Trinajstić information content (AvgIpc) is 2.42. The first-order chi connectivity index (χ1) is 9.51. The fraction of sp³-hybridized carbons (Fsp3) is 0.625. The Morgan fingerprint density at radius 3 is 2.45 bits per heavy atom. The highest BCUT2D eigenvalue weighted by Crippen LogP contribution is 2.21. The van der Waals surface area contributed by atoms with Gasteiger partial charge in [-0.3, -0.25) is 4.90 Å². The smallest absolute Gasteiger partial charge is 0.163 e. The highest BCUT2D eigenvalue weighted by Gasteiger charge is 2.21. The molecule has 0 spiro atoms. The van der Waals surface area contributed by atoms with E-state index in [-0.39, 0.29) is 6.04 Å². The van der Waals surface area contributed by atoms with Crippen LogP contribution in [0.5, 0.6) is 0 Å². The topological polar surface area (TPSA) is 15.3 Å². The van der Waals surface area contributed by atoms with Gasteiger partial charge in [-0.15, -0.1) is 0 Å². The summed E-state index contributed by atoms with van der Waals surface area (Å²) in [4.78, 5) is 2.25. The SMILES string of the molecule is CCCNC(CN(CC)C(C)C)c1cccc(F)c1F. The van der Waals surface area contributed by atoms with Crippen LogP contribution in [0.4, 0.5) is 8.78 Å². The van der Waals surface area contributed by atoms with Crippen molar-refractivity contribution >= 4 is 0 Å². The van der Waals surface area contributed by atoms with Crippen LogP contribution in [0.2, 0.25) is 0 Å². The summed E-state index contributed by atoms with van der Waals surface area (Å²) in [7, 11) is 0. The molecule has 0 bridgehead atoms. The van der Waals surface area contributed by atoms with Gasteiger partial charge >= 0.3 is 0 Å². The monoisotopic (exact) mass is 284 g/mol. The Morgan fingerprint density at radius 2 is 1.90 bits per heavy atom. The van der Waals surface area contributed by atoms with Gasteiger partial charge in [-0.2, -0.15) is 0 Å². The first kappa shape index (κ1) is 17.1. The molecule has 0 aromatic heterocycles. The van der Waals surface area contributed by atoms with Gasteiger partial charge in [0.15, 0.2) is 11.6 Å². The zero-order valence-electron chi connectivity index (χ0n) is 12.9. The van der Waals surface area contributed by atoms with E-state index in [9.17, 15) is 8.78 Å². The van der Waals surface area contributed by atoms with Gasteiger partial charge in [-0.05, 0) is 39.4 Å². The third-order valence-electron chi connectivity index (χ3n) is 3.55. The zero-order chi connectivity index (χ0) is 15.1. The highest BCUT2D eigenvalue weighted by molar-refractivity contribution is 5.23. The van der Waals surface area contributed by atoms with Crippen LogP contribution in [0.25, 0.3) is 0 Å². The Morgan fingerprint density at radius 1 is 1.20 bits per heavy atom. The molecule has 2 nitrogen and oxygen atoms in total. The maximum absolute atomic E-state index is 14.0. The lowest BCUT2D eigenvalue weighted by Crippen LogP contribution is -2.39. The fourth-order valence-electron chi connectivity index (χ4n) is 2.32. The normalized spacial score (nSPS) is 13.2. The van der Waals surface area contributed by atoms with Crippen LogP contribution in [-0.4, -0.2) is 30.6 Å². The second-order valence-electron chi connectivity index (χ2n) is 5.33. The zero-order valence-corrected chi connectivity index (χ0v) is 12.9. The van der Waals surface area contributed by atoms with Gasteiger partial charge in [0.1, 0.15) is 0 Å². The molecule has 1 rings (SSSR count). The van der Waals surface area contributed by atoms with E-state index in [0.717, 1.165) is 25.6 Å². The largest absolute Gasteiger partial charge is 0.309 e. The van der Waals surface area contributed by atoms with Crippen molar-refractivity contribution in [1.82, 2.24) is 10.2 Å². The lowest BCUT2D eigenvalue weighted by Gasteiger charge is -2.30. The average molecular weight is 284 g/mol. The van der Waals surface area contributed by atoms with Gasteiger partial charge < -0.3 is 5.32 Å². The Bertz CT molecular complexity index is 407. The second-order valence-corrected chi connectivity index (χ2v) is 5.33. The van der Waals surface area contributed by atoms with E-state index >= 15 is 0 Å². The van der Waals surface area contributed by atoms with E-state index in [1.54, 1.807) is 12.1 Å². The summed E-state index contributed by atoms with van der Waals surface area (Å²) in [5, 5.41) is 3.33. The molecule has 0 fully saturated rings. The van der Waals surface area contributed by atoms with Crippen LogP contribution >= 0.6 is 0 Å². The maximum atomic E-state index is 14.0. The number of nitrogens with one attached hydrogen (secondary N) is 1. The molecule has 0 aliphatic carbocycles. The minimum absolute atomic E-state index is 0.187. The Kier molecular flexibility index (Phi) is 7.10. The second kappa shape index (κ2) is 8.32. The van der Waals surface area contributed by atoms with Crippen LogP contribution in [0.1, 0.15) is 45.7 Å². The molecular formula is C16H26F2N2. The molecule has 0 saturated heterocycles. The summed E-state index contributed by atoms with van der Waals surface area (Å²) in [5.41, 5.74) is 0.414. The molecule has 0 aliphatic heterocycles. The summed E-state index contributed by atoms with van der Waals surface area (Å²) >= 11 is 0. The van der Waals surface area contributed by atoms with Crippen molar-refractivity contribution in [1.29, 1.82) is 0 Å². The van der Waals surface area contributed by atoms with Crippen LogP contribution in [0.15, 0.2) is 18.2 Å². The maximum Gasteiger partial charge on any atom is 0.163 e. The van der Waals surface area contributed by atoms with Crippen molar-refractivity contribution in [2.45, 2.75) is 46.2 Å². The minimum Gasteiger partial charge on any atom is -0.309 e. The summed E-state index contributed by atoms with van der Waals surface area (Å²) < 4.78 is 27.4. The fourth-order valence-corrected chi connectivity index (χ4v) is 2.32. The third-order valence-corrected chi connectivity index (χ3v) is 3.55. The van der Waals surface area contributed by atoms with Crippen molar-refractivity contribution in [2.24, 2.45) is 0 Å². The molecular weight excluding hydrogens is 258 g/mol. The molecule has 1 aromatic carbocycles. The van der Waals surface area contributed by atoms with Crippen LogP contribution < -0.4 is 5.32 Å². The predicted octanol–water partition coefficient (Wildman–Crippen LogP) is 3.74. The summed E-state index contributed by atoms with van der Waals surface area (Å²) in [6.45, 7) is 10.7. The number of hydrogen-bond acceptors (Lipinski definition) is 2. The Hall–Kier alpha value is -1.00. The summed E-state index contributed by atoms with van der Waals surface area (Å²) in [6.07, 6.45) is 0.960. The van der Waals surface area contributed by atoms with Crippen LogP contribution in [0.3, 0.4) is 0 Å². The van der Waals surface area contributed by atoms with Crippen LogP contribution in [-0.2, 0) is 0 Å². The number of hydrogen-bond donors (Lipinski definition) is 1. The van der Waals surface area contributed by atoms with Gasteiger partial charge in [0.2, 0.25) is 0 Å². The van der Waals surface area contributed by atoms with Crippen LogP contribution in [0, 0.1) is 11.6 Å². The predicted molar refractivity (Wildman–Crippen MR) is 79.8 cm³/mol. The number of benzene rings is 1. The van der Waals surface area contributed by atoms with E-state index < -0.39 is 11.6 Å². The molecule has 0 saturated carbocycles. The molecule has 1 unspecified atom stereocenters. The Balaban J connectivity index is 2.96. The van der Waals surface area contributed by atoms with E-state index in [0.29, 0.717) is 18.2 Å². The van der Waals surface area contributed by atoms with E-state index in [2.05, 4.69) is 37.9 Å². The van der Waals surface area contributed by atoms with Gasteiger partial charge in [0, 0.05) is 24.2 Å². The van der Waals surface area contributed by atoms with Gasteiger partial charge in [0.05, 0.1) is 0 Å². The number of halogens is 2. The third kappa shape index (κ3) is 4.53. The molecule has 1 N–H and O–H groups in total. The minimum atomic E-state index is -0.779. The number of nitrogens with zero attached hydrogens (tertiary/aromatic N) is 1. The number of rotatable bonds is 8. The Labute approximate surface area is 121 Å². The molecule has 0 radical (unpaired) electrons. The van der Waals surface area contributed by atoms with E-state index in [4.69, 9.17) is 0 Å². The van der Waals surface area contributed by atoms with Crippen molar-refractivity contribution in [2.75, 3.05) is 19.6 Å². The quantitative estimate of drug-likeness (QED) is 0.782. The standard InChI is InChI=1S/C16H26F2N2/c1-5-10-19-15(11-20(6-2)12(3)4)13-8-7-9-14(17)16(13)18/h7-9,12,15,19H,5-6,10-11H2,1-4H3.